The quantitative estimate of drug-likeness (QED) is 0.813. The van der Waals surface area contributed by atoms with E-state index in [2.05, 4.69) is 4.98 Å². The van der Waals surface area contributed by atoms with Crippen molar-refractivity contribution in [2.24, 2.45) is 0 Å². The molecule has 0 unspecified atom stereocenters. The smallest absolute Gasteiger partial charge is 0.172 e. The van der Waals surface area contributed by atoms with Gasteiger partial charge in [-0.3, -0.25) is 4.98 Å². The third kappa shape index (κ3) is 3.27. The van der Waals surface area contributed by atoms with E-state index in [4.69, 9.17) is 9.47 Å². The average Bonchev–Trinajstić information content (AvgIpc) is 2.53. The maximum absolute atomic E-state index is 14.7. The standard InChI is InChI=1S/C18H20FNO2/c1-12(2)16-15(21-3)10-14(17(19)18(16)22-4)8-7-13-6-5-9-20-11-13/h5-12H,1-4H3. The zero-order valence-electron chi connectivity index (χ0n) is 13.3. The molecule has 0 bridgehead atoms. The Labute approximate surface area is 130 Å². The minimum Gasteiger partial charge on any atom is -0.496 e. The molecule has 2 aromatic rings. The summed E-state index contributed by atoms with van der Waals surface area (Å²) in [6.45, 7) is 3.95. The van der Waals surface area contributed by atoms with Crippen LogP contribution in [0.2, 0.25) is 0 Å². The molecule has 0 saturated carbocycles. The summed E-state index contributed by atoms with van der Waals surface area (Å²) in [6, 6.07) is 5.43. The fourth-order valence-corrected chi connectivity index (χ4v) is 2.34. The van der Waals surface area contributed by atoms with E-state index < -0.39 is 0 Å². The number of benzene rings is 1. The number of methoxy groups -OCH3 is 2. The molecule has 0 aliphatic carbocycles. The van der Waals surface area contributed by atoms with E-state index in [1.165, 1.54) is 7.11 Å². The highest BCUT2D eigenvalue weighted by Crippen LogP contribution is 2.39. The highest BCUT2D eigenvalue weighted by Gasteiger charge is 2.20. The summed E-state index contributed by atoms with van der Waals surface area (Å²) >= 11 is 0. The Morgan fingerprint density at radius 2 is 1.95 bits per heavy atom. The summed E-state index contributed by atoms with van der Waals surface area (Å²) in [4.78, 5) is 4.03. The van der Waals surface area contributed by atoms with Crippen molar-refractivity contribution in [1.29, 1.82) is 0 Å². The zero-order chi connectivity index (χ0) is 16.1. The van der Waals surface area contributed by atoms with E-state index in [-0.39, 0.29) is 17.5 Å². The van der Waals surface area contributed by atoms with Crippen LogP contribution in [0.15, 0.2) is 30.6 Å². The third-order valence-electron chi connectivity index (χ3n) is 3.39. The molecule has 22 heavy (non-hydrogen) atoms. The molecule has 116 valence electrons. The highest BCUT2D eigenvalue weighted by atomic mass is 19.1. The molecule has 4 heteroatoms. The molecular formula is C18H20FNO2. The minimum absolute atomic E-state index is 0.0933. The Balaban J connectivity index is 2.51. The molecule has 0 aliphatic rings. The number of rotatable bonds is 5. The normalized spacial score (nSPS) is 11.2. The topological polar surface area (TPSA) is 31.4 Å². The van der Waals surface area contributed by atoms with Crippen molar-refractivity contribution in [3.8, 4) is 11.5 Å². The van der Waals surface area contributed by atoms with Crippen molar-refractivity contribution in [2.45, 2.75) is 19.8 Å². The molecule has 3 nitrogen and oxygen atoms in total. The van der Waals surface area contributed by atoms with Crippen LogP contribution in [0.1, 0.15) is 36.5 Å². The number of hydrogen-bond acceptors (Lipinski definition) is 3. The first kappa shape index (κ1) is 16.0. The minimum atomic E-state index is -0.382. The molecule has 0 N–H and O–H groups in total. The van der Waals surface area contributed by atoms with Crippen LogP contribution in [0.3, 0.4) is 0 Å². The first-order valence-electron chi connectivity index (χ1n) is 7.11. The molecule has 1 aromatic carbocycles. The number of aromatic nitrogens is 1. The number of ether oxygens (including phenoxy) is 2. The van der Waals surface area contributed by atoms with Gasteiger partial charge in [-0.2, -0.15) is 0 Å². The van der Waals surface area contributed by atoms with Gasteiger partial charge in [0.1, 0.15) is 5.75 Å². The largest absolute Gasteiger partial charge is 0.496 e. The second-order valence-electron chi connectivity index (χ2n) is 5.20. The first-order valence-corrected chi connectivity index (χ1v) is 7.11. The summed E-state index contributed by atoms with van der Waals surface area (Å²) in [6.07, 6.45) is 6.91. The van der Waals surface area contributed by atoms with Gasteiger partial charge >= 0.3 is 0 Å². The summed E-state index contributed by atoms with van der Waals surface area (Å²) < 4.78 is 25.3. The van der Waals surface area contributed by atoms with E-state index in [0.29, 0.717) is 11.3 Å². The van der Waals surface area contributed by atoms with Gasteiger partial charge in [0, 0.05) is 23.5 Å². The van der Waals surface area contributed by atoms with Crippen LogP contribution >= 0.6 is 0 Å². The number of halogens is 1. The molecule has 0 spiro atoms. The van der Waals surface area contributed by atoms with Crippen molar-refractivity contribution >= 4 is 12.2 Å². The Morgan fingerprint density at radius 1 is 1.18 bits per heavy atom. The SMILES string of the molecule is COc1cc(C=Cc2cccnc2)c(F)c(OC)c1C(C)C. The maximum Gasteiger partial charge on any atom is 0.172 e. The Bertz CT molecular complexity index is 667. The maximum atomic E-state index is 14.7. The Morgan fingerprint density at radius 3 is 2.50 bits per heavy atom. The second kappa shape index (κ2) is 7.07. The van der Waals surface area contributed by atoms with Crippen molar-refractivity contribution in [1.82, 2.24) is 4.98 Å². The van der Waals surface area contributed by atoms with E-state index in [0.717, 1.165) is 11.1 Å². The van der Waals surface area contributed by atoms with Crippen LogP contribution in [-0.2, 0) is 0 Å². The van der Waals surface area contributed by atoms with Gasteiger partial charge < -0.3 is 9.47 Å². The molecule has 0 radical (unpaired) electrons. The monoisotopic (exact) mass is 301 g/mol. The van der Waals surface area contributed by atoms with E-state index in [1.807, 2.05) is 26.0 Å². The van der Waals surface area contributed by atoms with Crippen LogP contribution in [0.5, 0.6) is 11.5 Å². The summed E-state index contributed by atoms with van der Waals surface area (Å²) in [5.41, 5.74) is 2.05. The Hall–Kier alpha value is -2.36. The summed E-state index contributed by atoms with van der Waals surface area (Å²) in [5.74, 6) is 0.571. The van der Waals surface area contributed by atoms with Gasteiger partial charge in [0.15, 0.2) is 11.6 Å². The molecule has 0 saturated heterocycles. The third-order valence-corrected chi connectivity index (χ3v) is 3.39. The fraction of sp³-hybridized carbons (Fsp3) is 0.278. The molecule has 0 aliphatic heterocycles. The van der Waals surface area contributed by atoms with Crippen LogP contribution in [0, 0.1) is 5.82 Å². The molecule has 2 rings (SSSR count). The number of pyridine rings is 1. The molecule has 0 fully saturated rings. The van der Waals surface area contributed by atoms with E-state index in [9.17, 15) is 4.39 Å². The van der Waals surface area contributed by atoms with Crippen molar-refractivity contribution in [3.05, 3.63) is 53.1 Å². The van der Waals surface area contributed by atoms with Crippen LogP contribution in [-0.4, -0.2) is 19.2 Å². The van der Waals surface area contributed by atoms with Gasteiger partial charge in [-0.25, -0.2) is 4.39 Å². The predicted molar refractivity (Wildman–Crippen MR) is 86.8 cm³/mol. The van der Waals surface area contributed by atoms with Crippen LogP contribution in [0.4, 0.5) is 4.39 Å². The highest BCUT2D eigenvalue weighted by molar-refractivity contribution is 5.72. The van der Waals surface area contributed by atoms with Crippen molar-refractivity contribution < 1.29 is 13.9 Å². The summed E-state index contributed by atoms with van der Waals surface area (Å²) in [7, 11) is 3.05. The lowest BCUT2D eigenvalue weighted by atomic mass is 9.97. The Kier molecular flexibility index (Phi) is 5.15. The van der Waals surface area contributed by atoms with Gasteiger partial charge in [-0.1, -0.05) is 32.1 Å². The number of hydrogen-bond donors (Lipinski definition) is 0. The average molecular weight is 301 g/mol. The molecule has 0 amide bonds. The molecular weight excluding hydrogens is 281 g/mol. The lowest BCUT2D eigenvalue weighted by molar-refractivity contribution is 0.362. The molecule has 1 aromatic heterocycles. The predicted octanol–water partition coefficient (Wildman–Crippen LogP) is 4.53. The van der Waals surface area contributed by atoms with Crippen molar-refractivity contribution in [2.75, 3.05) is 14.2 Å². The lowest BCUT2D eigenvalue weighted by Gasteiger charge is -2.18. The van der Waals surface area contributed by atoms with Crippen LogP contribution in [0.25, 0.3) is 12.2 Å². The van der Waals surface area contributed by atoms with Gasteiger partial charge in [0.05, 0.1) is 14.2 Å². The van der Waals surface area contributed by atoms with Gasteiger partial charge in [-0.15, -0.1) is 0 Å². The number of nitrogens with zero attached hydrogens (tertiary/aromatic N) is 1. The lowest BCUT2D eigenvalue weighted by Crippen LogP contribution is -2.03. The van der Waals surface area contributed by atoms with Gasteiger partial charge in [0.25, 0.3) is 0 Å². The second-order valence-corrected chi connectivity index (χ2v) is 5.20. The molecule has 1 heterocycles. The van der Waals surface area contributed by atoms with Crippen LogP contribution < -0.4 is 9.47 Å². The summed E-state index contributed by atoms with van der Waals surface area (Å²) in [5, 5.41) is 0. The van der Waals surface area contributed by atoms with Gasteiger partial charge in [-0.05, 0) is 23.6 Å². The fourth-order valence-electron chi connectivity index (χ4n) is 2.34. The van der Waals surface area contributed by atoms with E-state index in [1.54, 1.807) is 37.7 Å². The first-order chi connectivity index (χ1) is 10.6. The van der Waals surface area contributed by atoms with E-state index >= 15 is 0 Å². The van der Waals surface area contributed by atoms with Crippen molar-refractivity contribution in [3.63, 3.8) is 0 Å². The van der Waals surface area contributed by atoms with Gasteiger partial charge in [0.2, 0.25) is 0 Å². The zero-order valence-corrected chi connectivity index (χ0v) is 13.3. The molecule has 0 atom stereocenters.